The van der Waals surface area contributed by atoms with Crippen LogP contribution in [0, 0.1) is 0 Å². The SMILES string of the molecule is CCCCCCCCCCC/C=C/CC/C=C/C(O)C(CO)NC(=O)CC(O)CCCCCCCCCCCCCC. The second kappa shape index (κ2) is 32.7. The molecular weight excluding hydrogens is 522 g/mol. The summed E-state index contributed by atoms with van der Waals surface area (Å²) < 4.78 is 0. The maximum Gasteiger partial charge on any atom is 0.222 e. The lowest BCUT2D eigenvalue weighted by molar-refractivity contribution is -0.124. The predicted octanol–water partition coefficient (Wildman–Crippen LogP) is 9.48. The first-order valence-electron chi connectivity index (χ1n) is 18.1. The number of hydrogen-bond acceptors (Lipinski definition) is 4. The van der Waals surface area contributed by atoms with E-state index in [-0.39, 0.29) is 18.9 Å². The summed E-state index contributed by atoms with van der Waals surface area (Å²) in [5, 5.41) is 33.0. The van der Waals surface area contributed by atoms with Crippen LogP contribution in [0.5, 0.6) is 0 Å². The molecule has 248 valence electrons. The van der Waals surface area contributed by atoms with Crippen LogP contribution in [0.3, 0.4) is 0 Å². The van der Waals surface area contributed by atoms with Crippen LogP contribution in [0.15, 0.2) is 24.3 Å². The van der Waals surface area contributed by atoms with Gasteiger partial charge in [0.2, 0.25) is 5.91 Å². The van der Waals surface area contributed by atoms with Gasteiger partial charge in [0.15, 0.2) is 0 Å². The number of carbonyl (C=O) groups excluding carboxylic acids is 1. The van der Waals surface area contributed by atoms with Crippen LogP contribution in [0.25, 0.3) is 0 Å². The maximum absolute atomic E-state index is 12.3. The van der Waals surface area contributed by atoms with E-state index in [1.807, 2.05) is 6.08 Å². The Morgan fingerprint density at radius 2 is 1.02 bits per heavy atom. The third kappa shape index (κ3) is 28.9. The zero-order valence-electron chi connectivity index (χ0n) is 27.9. The van der Waals surface area contributed by atoms with E-state index in [0.29, 0.717) is 6.42 Å². The minimum Gasteiger partial charge on any atom is -0.394 e. The molecule has 0 saturated heterocycles. The average Bonchev–Trinajstić information content (AvgIpc) is 2.98. The summed E-state index contributed by atoms with van der Waals surface area (Å²) in [7, 11) is 0. The Balaban J connectivity index is 3.79. The molecule has 0 aromatic carbocycles. The number of aliphatic hydroxyl groups excluding tert-OH is 3. The van der Waals surface area contributed by atoms with Gasteiger partial charge < -0.3 is 20.6 Å². The van der Waals surface area contributed by atoms with Crippen molar-refractivity contribution >= 4 is 5.91 Å². The van der Waals surface area contributed by atoms with E-state index in [1.54, 1.807) is 6.08 Å². The third-order valence-electron chi connectivity index (χ3n) is 8.24. The van der Waals surface area contributed by atoms with Crippen molar-refractivity contribution in [2.24, 2.45) is 0 Å². The number of unbranched alkanes of at least 4 members (excludes halogenated alkanes) is 21. The minimum atomic E-state index is -0.946. The first kappa shape index (κ1) is 40.8. The summed E-state index contributed by atoms with van der Waals surface area (Å²) in [5.74, 6) is -0.327. The summed E-state index contributed by atoms with van der Waals surface area (Å²) in [4.78, 5) is 12.3. The van der Waals surface area contributed by atoms with Crippen molar-refractivity contribution in [3.05, 3.63) is 24.3 Å². The molecule has 0 rings (SSSR count). The van der Waals surface area contributed by atoms with Gasteiger partial charge in [0, 0.05) is 0 Å². The highest BCUT2D eigenvalue weighted by atomic mass is 16.3. The first-order chi connectivity index (χ1) is 20.5. The van der Waals surface area contributed by atoms with Crippen molar-refractivity contribution in [3.63, 3.8) is 0 Å². The fourth-order valence-electron chi connectivity index (χ4n) is 5.41. The molecule has 0 spiro atoms. The van der Waals surface area contributed by atoms with Gasteiger partial charge >= 0.3 is 0 Å². The largest absolute Gasteiger partial charge is 0.394 e. The van der Waals surface area contributed by atoms with Crippen LogP contribution in [-0.2, 0) is 4.79 Å². The average molecular weight is 594 g/mol. The summed E-state index contributed by atoms with van der Waals surface area (Å²) >= 11 is 0. The van der Waals surface area contributed by atoms with E-state index >= 15 is 0 Å². The predicted molar refractivity (Wildman–Crippen MR) is 181 cm³/mol. The number of amides is 1. The third-order valence-corrected chi connectivity index (χ3v) is 8.24. The Bertz CT molecular complexity index is 621. The van der Waals surface area contributed by atoms with Crippen LogP contribution >= 0.6 is 0 Å². The molecule has 3 atom stereocenters. The first-order valence-corrected chi connectivity index (χ1v) is 18.1. The summed E-state index contributed by atoms with van der Waals surface area (Å²) in [6, 6.07) is -0.755. The van der Waals surface area contributed by atoms with E-state index in [4.69, 9.17) is 0 Å². The Morgan fingerprint density at radius 3 is 1.52 bits per heavy atom. The molecule has 0 bridgehead atoms. The molecule has 0 aliphatic heterocycles. The lowest BCUT2D eigenvalue weighted by atomic mass is 10.0. The van der Waals surface area contributed by atoms with E-state index < -0.39 is 18.2 Å². The lowest BCUT2D eigenvalue weighted by Gasteiger charge is -2.21. The van der Waals surface area contributed by atoms with Crippen molar-refractivity contribution in [3.8, 4) is 0 Å². The number of aliphatic hydroxyl groups is 3. The molecule has 0 aromatic rings. The molecule has 0 fully saturated rings. The quantitative estimate of drug-likeness (QED) is 0.0462. The molecule has 0 aliphatic rings. The zero-order valence-corrected chi connectivity index (χ0v) is 27.9. The molecule has 0 saturated carbocycles. The molecule has 1 amide bonds. The Hall–Kier alpha value is -1.17. The lowest BCUT2D eigenvalue weighted by Crippen LogP contribution is -2.45. The van der Waals surface area contributed by atoms with Gasteiger partial charge in [-0.1, -0.05) is 167 Å². The van der Waals surface area contributed by atoms with Gasteiger partial charge in [-0.05, 0) is 32.1 Å². The van der Waals surface area contributed by atoms with Crippen LogP contribution in [0.4, 0.5) is 0 Å². The highest BCUT2D eigenvalue weighted by Crippen LogP contribution is 2.14. The number of hydrogen-bond donors (Lipinski definition) is 4. The fraction of sp³-hybridized carbons (Fsp3) is 0.865. The second-order valence-corrected chi connectivity index (χ2v) is 12.5. The summed E-state index contributed by atoms with van der Waals surface area (Å²) in [6.45, 7) is 4.17. The van der Waals surface area contributed by atoms with Crippen LogP contribution in [0.2, 0.25) is 0 Å². The van der Waals surface area contributed by atoms with Gasteiger partial charge in [-0.2, -0.15) is 0 Å². The molecular formula is C37H71NO4. The molecule has 5 nitrogen and oxygen atoms in total. The van der Waals surface area contributed by atoms with E-state index in [0.717, 1.165) is 32.1 Å². The van der Waals surface area contributed by atoms with E-state index in [1.165, 1.54) is 122 Å². The van der Waals surface area contributed by atoms with Crippen molar-refractivity contribution < 1.29 is 20.1 Å². The van der Waals surface area contributed by atoms with Crippen molar-refractivity contribution in [2.45, 2.75) is 199 Å². The Morgan fingerprint density at radius 1 is 0.595 bits per heavy atom. The van der Waals surface area contributed by atoms with E-state index in [2.05, 4.69) is 31.3 Å². The minimum absolute atomic E-state index is 0.00865. The molecule has 0 radical (unpaired) electrons. The molecule has 0 heterocycles. The highest BCUT2D eigenvalue weighted by Gasteiger charge is 2.20. The molecule has 3 unspecified atom stereocenters. The summed E-state index contributed by atoms with van der Waals surface area (Å²) in [6.07, 6.45) is 37.3. The van der Waals surface area contributed by atoms with Gasteiger partial charge in [-0.3, -0.25) is 4.79 Å². The summed E-state index contributed by atoms with van der Waals surface area (Å²) in [5.41, 5.74) is 0. The van der Waals surface area contributed by atoms with Gasteiger partial charge in [0.1, 0.15) is 0 Å². The van der Waals surface area contributed by atoms with Crippen molar-refractivity contribution in [2.75, 3.05) is 6.61 Å². The topological polar surface area (TPSA) is 89.8 Å². The van der Waals surface area contributed by atoms with E-state index in [9.17, 15) is 20.1 Å². The maximum atomic E-state index is 12.3. The normalized spacial score (nSPS) is 14.1. The number of nitrogens with one attached hydrogen (secondary N) is 1. The van der Waals surface area contributed by atoms with Crippen LogP contribution in [-0.4, -0.2) is 46.1 Å². The molecule has 42 heavy (non-hydrogen) atoms. The fourth-order valence-corrected chi connectivity index (χ4v) is 5.41. The Kier molecular flexibility index (Phi) is 31.8. The van der Waals surface area contributed by atoms with Crippen molar-refractivity contribution in [1.82, 2.24) is 5.32 Å². The highest BCUT2D eigenvalue weighted by molar-refractivity contribution is 5.76. The van der Waals surface area contributed by atoms with Gasteiger partial charge in [0.25, 0.3) is 0 Å². The molecule has 5 heteroatoms. The monoisotopic (exact) mass is 594 g/mol. The number of allylic oxidation sites excluding steroid dienone is 3. The number of carbonyl (C=O) groups is 1. The second-order valence-electron chi connectivity index (χ2n) is 12.5. The molecule has 0 aromatic heterocycles. The van der Waals surface area contributed by atoms with Gasteiger partial charge in [-0.25, -0.2) is 0 Å². The number of rotatable bonds is 32. The smallest absolute Gasteiger partial charge is 0.222 e. The van der Waals surface area contributed by atoms with Crippen LogP contribution < -0.4 is 5.32 Å². The van der Waals surface area contributed by atoms with Crippen LogP contribution in [0.1, 0.15) is 181 Å². The zero-order chi connectivity index (χ0) is 30.9. The van der Waals surface area contributed by atoms with Gasteiger partial charge in [-0.15, -0.1) is 0 Å². The van der Waals surface area contributed by atoms with Gasteiger partial charge in [0.05, 0.1) is 31.3 Å². The Labute approximate surface area is 261 Å². The molecule has 4 N–H and O–H groups in total. The molecule has 0 aliphatic carbocycles. The van der Waals surface area contributed by atoms with Crippen molar-refractivity contribution in [1.29, 1.82) is 0 Å². The standard InChI is InChI=1S/C37H71NO4/c1-3-5-7-9-11-13-15-17-18-19-21-23-25-27-29-31-36(41)35(33-39)38-37(42)32-34(40)30-28-26-24-22-20-16-14-12-10-8-6-4-2/h21,23,29,31,34-36,39-41H,3-20,22,24-28,30,32-33H2,1-2H3,(H,38,42)/b23-21+,31-29+.